The molecule has 0 bridgehead atoms. The van der Waals surface area contributed by atoms with E-state index >= 15 is 0 Å². The monoisotopic (exact) mass is 394 g/mol. The standard InChI is InChI=1S/C16H15BrN2O5/c1-10(16(20)18-12-5-3-4-11(17)8-12)24-15-9-13(19(21)22)6-7-14(15)23-2/h3-10H,1-2H3,(H,18,20). The second-order valence-corrected chi connectivity index (χ2v) is 5.77. The SMILES string of the molecule is COc1ccc([N+](=O)[O-])cc1OC(C)C(=O)Nc1cccc(Br)c1. The predicted octanol–water partition coefficient (Wildman–Crippen LogP) is 3.77. The van der Waals surface area contributed by atoms with Gasteiger partial charge in [-0.05, 0) is 31.2 Å². The number of carbonyl (C=O) groups is 1. The number of nitro benzene ring substituents is 1. The molecule has 2 aromatic carbocycles. The second kappa shape index (κ2) is 7.78. The van der Waals surface area contributed by atoms with Crippen LogP contribution in [0.2, 0.25) is 0 Å². The molecule has 126 valence electrons. The molecule has 1 unspecified atom stereocenters. The molecule has 0 aliphatic heterocycles. The Morgan fingerprint density at radius 2 is 2.00 bits per heavy atom. The quantitative estimate of drug-likeness (QED) is 0.594. The van der Waals surface area contributed by atoms with Gasteiger partial charge in [0, 0.05) is 16.2 Å². The zero-order valence-electron chi connectivity index (χ0n) is 13.0. The lowest BCUT2D eigenvalue weighted by atomic mass is 10.2. The van der Waals surface area contributed by atoms with Gasteiger partial charge in [0.2, 0.25) is 0 Å². The van der Waals surface area contributed by atoms with E-state index in [1.165, 1.54) is 25.3 Å². The van der Waals surface area contributed by atoms with E-state index in [0.29, 0.717) is 11.4 Å². The minimum absolute atomic E-state index is 0.128. The van der Waals surface area contributed by atoms with Crippen LogP contribution in [-0.2, 0) is 4.79 Å². The molecule has 0 aromatic heterocycles. The molecule has 24 heavy (non-hydrogen) atoms. The minimum atomic E-state index is -0.875. The van der Waals surface area contributed by atoms with Crippen molar-refractivity contribution in [2.24, 2.45) is 0 Å². The van der Waals surface area contributed by atoms with E-state index in [0.717, 1.165) is 4.47 Å². The van der Waals surface area contributed by atoms with E-state index in [1.807, 2.05) is 6.07 Å². The maximum atomic E-state index is 12.2. The lowest BCUT2D eigenvalue weighted by molar-refractivity contribution is -0.385. The van der Waals surface area contributed by atoms with Crippen molar-refractivity contribution >= 4 is 33.2 Å². The molecule has 0 spiro atoms. The number of nitro groups is 1. The van der Waals surface area contributed by atoms with Crippen molar-refractivity contribution < 1.29 is 19.2 Å². The normalized spacial score (nSPS) is 11.5. The number of carbonyl (C=O) groups excluding carboxylic acids is 1. The highest BCUT2D eigenvalue weighted by molar-refractivity contribution is 9.10. The topological polar surface area (TPSA) is 90.7 Å². The maximum absolute atomic E-state index is 12.2. The van der Waals surface area contributed by atoms with Crippen molar-refractivity contribution in [3.8, 4) is 11.5 Å². The van der Waals surface area contributed by atoms with E-state index < -0.39 is 11.0 Å². The Labute approximate surface area is 146 Å². The third-order valence-electron chi connectivity index (χ3n) is 3.12. The van der Waals surface area contributed by atoms with Gasteiger partial charge in [-0.3, -0.25) is 14.9 Å². The molecule has 1 N–H and O–H groups in total. The van der Waals surface area contributed by atoms with Crippen LogP contribution in [-0.4, -0.2) is 24.0 Å². The molecule has 0 saturated heterocycles. The Morgan fingerprint density at radius 3 is 2.62 bits per heavy atom. The number of halogens is 1. The van der Waals surface area contributed by atoms with E-state index in [2.05, 4.69) is 21.2 Å². The number of hydrogen-bond acceptors (Lipinski definition) is 5. The molecule has 2 rings (SSSR count). The summed E-state index contributed by atoms with van der Waals surface area (Å²) in [5.41, 5.74) is 0.459. The third kappa shape index (κ3) is 4.45. The van der Waals surface area contributed by atoms with Crippen LogP contribution in [0.25, 0.3) is 0 Å². The summed E-state index contributed by atoms with van der Waals surface area (Å²) >= 11 is 3.32. The first-order chi connectivity index (χ1) is 11.4. The Bertz CT molecular complexity index is 766. The molecular formula is C16H15BrN2O5. The number of benzene rings is 2. The van der Waals surface area contributed by atoms with Crippen LogP contribution in [0.15, 0.2) is 46.9 Å². The van der Waals surface area contributed by atoms with Gasteiger partial charge in [-0.25, -0.2) is 0 Å². The number of rotatable bonds is 6. The van der Waals surface area contributed by atoms with E-state index in [1.54, 1.807) is 25.1 Å². The molecule has 1 amide bonds. The molecular weight excluding hydrogens is 380 g/mol. The summed E-state index contributed by atoms with van der Waals surface area (Å²) < 4.78 is 11.5. The van der Waals surface area contributed by atoms with Gasteiger partial charge in [0.15, 0.2) is 17.6 Å². The minimum Gasteiger partial charge on any atom is -0.493 e. The fraction of sp³-hybridized carbons (Fsp3) is 0.188. The van der Waals surface area contributed by atoms with Crippen molar-refractivity contribution in [1.29, 1.82) is 0 Å². The number of methoxy groups -OCH3 is 1. The number of nitrogens with one attached hydrogen (secondary N) is 1. The van der Waals surface area contributed by atoms with Gasteiger partial charge in [-0.1, -0.05) is 22.0 Å². The summed E-state index contributed by atoms with van der Waals surface area (Å²) in [6.07, 6.45) is -0.875. The largest absolute Gasteiger partial charge is 0.493 e. The fourth-order valence-corrected chi connectivity index (χ4v) is 2.32. The fourth-order valence-electron chi connectivity index (χ4n) is 1.93. The van der Waals surface area contributed by atoms with Gasteiger partial charge in [-0.15, -0.1) is 0 Å². The molecule has 0 aliphatic carbocycles. The number of ether oxygens (including phenoxy) is 2. The van der Waals surface area contributed by atoms with Crippen LogP contribution in [0.4, 0.5) is 11.4 Å². The summed E-state index contributed by atoms with van der Waals surface area (Å²) in [6.45, 7) is 1.55. The summed E-state index contributed by atoms with van der Waals surface area (Å²) in [5.74, 6) is 0.0490. The Balaban J connectivity index is 2.13. The van der Waals surface area contributed by atoms with Crippen molar-refractivity contribution in [3.63, 3.8) is 0 Å². The lowest BCUT2D eigenvalue weighted by Gasteiger charge is -2.16. The molecule has 1 atom stereocenters. The number of hydrogen-bond donors (Lipinski definition) is 1. The molecule has 7 nitrogen and oxygen atoms in total. The maximum Gasteiger partial charge on any atom is 0.273 e. The van der Waals surface area contributed by atoms with Gasteiger partial charge in [0.1, 0.15) is 0 Å². The van der Waals surface area contributed by atoms with E-state index in [9.17, 15) is 14.9 Å². The number of anilines is 1. The van der Waals surface area contributed by atoms with Gasteiger partial charge in [0.25, 0.3) is 11.6 Å². The van der Waals surface area contributed by atoms with Crippen molar-refractivity contribution in [1.82, 2.24) is 0 Å². The molecule has 0 saturated carbocycles. The number of nitrogens with zero attached hydrogens (tertiary/aromatic N) is 1. The van der Waals surface area contributed by atoms with Gasteiger partial charge in [-0.2, -0.15) is 0 Å². The highest BCUT2D eigenvalue weighted by atomic mass is 79.9. The van der Waals surface area contributed by atoms with Crippen LogP contribution in [0.5, 0.6) is 11.5 Å². The van der Waals surface area contributed by atoms with Crippen LogP contribution in [0, 0.1) is 10.1 Å². The summed E-state index contributed by atoms with van der Waals surface area (Å²) in [5, 5.41) is 13.6. The van der Waals surface area contributed by atoms with Crippen molar-refractivity contribution in [3.05, 3.63) is 57.1 Å². The highest BCUT2D eigenvalue weighted by Crippen LogP contribution is 2.32. The molecule has 0 fully saturated rings. The first-order valence-electron chi connectivity index (χ1n) is 6.96. The van der Waals surface area contributed by atoms with Crippen molar-refractivity contribution in [2.75, 3.05) is 12.4 Å². The smallest absolute Gasteiger partial charge is 0.273 e. The summed E-state index contributed by atoms with van der Waals surface area (Å²) in [7, 11) is 1.42. The summed E-state index contributed by atoms with van der Waals surface area (Å²) in [6, 6.07) is 11.1. The number of amides is 1. The first kappa shape index (κ1) is 17.7. The molecule has 0 aliphatic rings. The Morgan fingerprint density at radius 1 is 1.25 bits per heavy atom. The first-order valence-corrected chi connectivity index (χ1v) is 7.75. The highest BCUT2D eigenvalue weighted by Gasteiger charge is 2.19. The van der Waals surface area contributed by atoms with Gasteiger partial charge >= 0.3 is 0 Å². The Hall–Kier alpha value is -2.61. The van der Waals surface area contributed by atoms with Crippen LogP contribution >= 0.6 is 15.9 Å². The molecule has 2 aromatic rings. The Kier molecular flexibility index (Phi) is 5.75. The zero-order chi connectivity index (χ0) is 17.7. The number of non-ortho nitro benzene ring substituents is 1. The predicted molar refractivity (Wildman–Crippen MR) is 92.5 cm³/mol. The average Bonchev–Trinajstić information content (AvgIpc) is 2.54. The zero-order valence-corrected chi connectivity index (χ0v) is 14.6. The second-order valence-electron chi connectivity index (χ2n) is 4.85. The average molecular weight is 395 g/mol. The van der Waals surface area contributed by atoms with Gasteiger partial charge < -0.3 is 14.8 Å². The van der Waals surface area contributed by atoms with Crippen molar-refractivity contribution in [2.45, 2.75) is 13.0 Å². The van der Waals surface area contributed by atoms with Crippen LogP contribution < -0.4 is 14.8 Å². The van der Waals surface area contributed by atoms with E-state index in [4.69, 9.17) is 9.47 Å². The molecule has 0 heterocycles. The molecule has 0 radical (unpaired) electrons. The van der Waals surface area contributed by atoms with Crippen LogP contribution in [0.3, 0.4) is 0 Å². The molecule has 8 heteroatoms. The van der Waals surface area contributed by atoms with Crippen LogP contribution in [0.1, 0.15) is 6.92 Å². The summed E-state index contributed by atoms with van der Waals surface area (Å²) in [4.78, 5) is 22.5. The van der Waals surface area contributed by atoms with Gasteiger partial charge in [0.05, 0.1) is 18.1 Å². The van der Waals surface area contributed by atoms with E-state index in [-0.39, 0.29) is 17.3 Å². The third-order valence-corrected chi connectivity index (χ3v) is 3.62. The lowest BCUT2D eigenvalue weighted by Crippen LogP contribution is -2.30.